The van der Waals surface area contributed by atoms with Gasteiger partial charge in [-0.1, -0.05) is 17.7 Å². The first-order valence-corrected chi connectivity index (χ1v) is 8.60. The monoisotopic (exact) mass is 383 g/mol. The van der Waals surface area contributed by atoms with Crippen molar-refractivity contribution in [1.82, 2.24) is 4.98 Å². The highest BCUT2D eigenvalue weighted by Gasteiger charge is 2.14. The van der Waals surface area contributed by atoms with Crippen molar-refractivity contribution in [2.75, 3.05) is 10.6 Å². The van der Waals surface area contributed by atoms with Crippen molar-refractivity contribution in [3.63, 3.8) is 0 Å². The Labute approximate surface area is 161 Å². The molecule has 0 bridgehead atoms. The third-order valence-electron chi connectivity index (χ3n) is 3.92. The van der Waals surface area contributed by atoms with Crippen LogP contribution in [-0.4, -0.2) is 21.1 Å². The van der Waals surface area contributed by atoms with E-state index in [4.69, 9.17) is 11.6 Å². The minimum atomic E-state index is -1.63. The van der Waals surface area contributed by atoms with Gasteiger partial charge >= 0.3 is 0 Å². The van der Waals surface area contributed by atoms with Gasteiger partial charge in [0.1, 0.15) is 0 Å². The van der Waals surface area contributed by atoms with Gasteiger partial charge in [0.15, 0.2) is 6.29 Å². The van der Waals surface area contributed by atoms with Gasteiger partial charge in [0, 0.05) is 40.9 Å². The van der Waals surface area contributed by atoms with Crippen LogP contribution < -0.4 is 10.6 Å². The Morgan fingerprint density at radius 1 is 1.04 bits per heavy atom. The van der Waals surface area contributed by atoms with E-state index in [-0.39, 0.29) is 11.5 Å². The predicted octanol–water partition coefficient (Wildman–Crippen LogP) is 3.58. The van der Waals surface area contributed by atoms with Crippen molar-refractivity contribution < 1.29 is 15.0 Å². The lowest BCUT2D eigenvalue weighted by Crippen LogP contribution is -2.15. The van der Waals surface area contributed by atoms with E-state index in [1.54, 1.807) is 48.8 Å². The van der Waals surface area contributed by atoms with Crippen LogP contribution in [0.5, 0.6) is 0 Å². The number of aromatic nitrogens is 1. The maximum absolute atomic E-state index is 12.7. The summed E-state index contributed by atoms with van der Waals surface area (Å²) in [4.78, 5) is 16.7. The number of amides is 1. The smallest absolute Gasteiger partial charge is 0.257 e. The van der Waals surface area contributed by atoms with Crippen molar-refractivity contribution in [2.45, 2.75) is 12.8 Å². The Balaban J connectivity index is 1.83. The molecule has 0 atom stereocenters. The van der Waals surface area contributed by atoms with E-state index in [0.717, 1.165) is 5.56 Å². The van der Waals surface area contributed by atoms with Crippen molar-refractivity contribution in [2.24, 2.45) is 0 Å². The molecule has 3 aromatic rings. The fourth-order valence-corrected chi connectivity index (χ4v) is 2.62. The minimum Gasteiger partial charge on any atom is -0.380 e. The first-order chi connectivity index (χ1) is 13.0. The van der Waals surface area contributed by atoms with Crippen LogP contribution in [0.3, 0.4) is 0 Å². The van der Waals surface area contributed by atoms with Crippen LogP contribution >= 0.6 is 11.6 Å². The normalized spacial score (nSPS) is 10.7. The summed E-state index contributed by atoms with van der Waals surface area (Å²) in [7, 11) is 0. The number of aliphatic hydroxyl groups excluding tert-OH is 1. The summed E-state index contributed by atoms with van der Waals surface area (Å²) < 4.78 is 0. The number of pyridine rings is 1. The SMILES string of the molecule is O=C(Nc1ccc(Cl)cc1)c1ccc(C(O)O)cc1NCc1ccncc1. The lowest BCUT2D eigenvalue weighted by Gasteiger charge is -2.15. The molecule has 6 nitrogen and oxygen atoms in total. The average molecular weight is 384 g/mol. The number of aliphatic hydroxyl groups is 2. The molecule has 0 aliphatic rings. The van der Waals surface area contributed by atoms with Gasteiger partial charge in [0.25, 0.3) is 5.91 Å². The highest BCUT2D eigenvalue weighted by Crippen LogP contribution is 2.23. The highest BCUT2D eigenvalue weighted by atomic mass is 35.5. The molecule has 4 N–H and O–H groups in total. The van der Waals surface area contributed by atoms with Gasteiger partial charge in [-0.05, 0) is 54.1 Å². The molecule has 0 saturated heterocycles. The standard InChI is InChI=1S/C20H18ClN3O3/c21-15-2-4-16(5-3-15)24-19(25)17-6-1-14(20(26)27)11-18(17)23-12-13-7-9-22-10-8-13/h1-11,20,23,26-27H,12H2,(H,24,25). The maximum Gasteiger partial charge on any atom is 0.257 e. The van der Waals surface area contributed by atoms with Crippen LogP contribution in [0.25, 0.3) is 0 Å². The zero-order valence-electron chi connectivity index (χ0n) is 14.3. The van der Waals surface area contributed by atoms with Crippen LogP contribution in [0.2, 0.25) is 5.02 Å². The summed E-state index contributed by atoms with van der Waals surface area (Å²) in [5.74, 6) is -0.325. The highest BCUT2D eigenvalue weighted by molar-refractivity contribution is 6.30. The lowest BCUT2D eigenvalue weighted by atomic mass is 10.1. The van der Waals surface area contributed by atoms with E-state index in [1.807, 2.05) is 12.1 Å². The summed E-state index contributed by atoms with van der Waals surface area (Å²) in [6.45, 7) is 0.453. The summed E-state index contributed by atoms with van der Waals surface area (Å²) in [5.41, 5.74) is 2.74. The third-order valence-corrected chi connectivity index (χ3v) is 4.17. The predicted molar refractivity (Wildman–Crippen MR) is 105 cm³/mol. The summed E-state index contributed by atoms with van der Waals surface area (Å²) >= 11 is 5.86. The fourth-order valence-electron chi connectivity index (χ4n) is 2.50. The summed E-state index contributed by atoms with van der Waals surface area (Å²) in [6.07, 6.45) is 1.73. The zero-order chi connectivity index (χ0) is 19.2. The Morgan fingerprint density at radius 2 is 1.74 bits per heavy atom. The Bertz CT molecular complexity index is 916. The Kier molecular flexibility index (Phi) is 6.03. The van der Waals surface area contributed by atoms with Gasteiger partial charge in [0.2, 0.25) is 0 Å². The number of carbonyl (C=O) groups is 1. The molecule has 3 rings (SSSR count). The molecular weight excluding hydrogens is 366 g/mol. The largest absolute Gasteiger partial charge is 0.380 e. The molecule has 1 aromatic heterocycles. The molecule has 0 aliphatic heterocycles. The number of halogens is 1. The van der Waals surface area contributed by atoms with Crippen molar-refractivity contribution in [3.8, 4) is 0 Å². The van der Waals surface area contributed by atoms with E-state index in [2.05, 4.69) is 15.6 Å². The number of nitrogens with one attached hydrogen (secondary N) is 2. The van der Waals surface area contributed by atoms with Crippen molar-refractivity contribution in [3.05, 3.63) is 88.7 Å². The Hall–Kier alpha value is -2.93. The van der Waals surface area contributed by atoms with Crippen LogP contribution in [0.1, 0.15) is 27.8 Å². The Morgan fingerprint density at radius 3 is 2.41 bits per heavy atom. The molecule has 27 heavy (non-hydrogen) atoms. The van der Waals surface area contributed by atoms with Gasteiger partial charge in [0.05, 0.1) is 5.56 Å². The topological polar surface area (TPSA) is 94.5 Å². The first kappa shape index (κ1) is 18.8. The molecule has 0 radical (unpaired) electrons. The van der Waals surface area contributed by atoms with Crippen molar-refractivity contribution in [1.29, 1.82) is 0 Å². The maximum atomic E-state index is 12.7. The van der Waals surface area contributed by atoms with Gasteiger partial charge in [-0.25, -0.2) is 0 Å². The molecule has 0 fully saturated rings. The molecule has 1 amide bonds. The number of anilines is 2. The van der Waals surface area contributed by atoms with Gasteiger partial charge < -0.3 is 20.8 Å². The quantitative estimate of drug-likeness (QED) is 0.488. The molecule has 138 valence electrons. The molecule has 0 aliphatic carbocycles. The molecule has 0 saturated carbocycles. The zero-order valence-corrected chi connectivity index (χ0v) is 15.0. The minimum absolute atomic E-state index is 0.287. The molecule has 7 heteroatoms. The van der Waals surface area contributed by atoms with E-state index in [1.165, 1.54) is 6.07 Å². The van der Waals surface area contributed by atoms with Crippen LogP contribution in [0, 0.1) is 0 Å². The first-order valence-electron chi connectivity index (χ1n) is 8.23. The van der Waals surface area contributed by atoms with Crippen LogP contribution in [0.4, 0.5) is 11.4 Å². The lowest BCUT2D eigenvalue weighted by molar-refractivity contribution is -0.0424. The third kappa shape index (κ3) is 5.04. The van der Waals surface area contributed by atoms with E-state index < -0.39 is 6.29 Å². The number of hydrogen-bond donors (Lipinski definition) is 4. The number of rotatable bonds is 6. The second kappa shape index (κ2) is 8.64. The van der Waals surface area contributed by atoms with Crippen LogP contribution in [0.15, 0.2) is 67.0 Å². The summed E-state index contributed by atoms with van der Waals surface area (Å²) in [5, 5.41) is 25.4. The molecule has 2 aromatic carbocycles. The number of benzene rings is 2. The van der Waals surface area contributed by atoms with Gasteiger partial charge in [-0.2, -0.15) is 0 Å². The average Bonchev–Trinajstić information content (AvgIpc) is 2.68. The van der Waals surface area contributed by atoms with E-state index in [9.17, 15) is 15.0 Å². The van der Waals surface area contributed by atoms with Gasteiger partial charge in [-0.15, -0.1) is 0 Å². The molecule has 0 unspecified atom stereocenters. The molecule has 0 spiro atoms. The second-order valence-corrected chi connectivity index (χ2v) is 6.29. The number of nitrogens with zero attached hydrogens (tertiary/aromatic N) is 1. The summed E-state index contributed by atoms with van der Waals surface area (Å²) in [6, 6.07) is 15.1. The second-order valence-electron chi connectivity index (χ2n) is 5.85. The van der Waals surface area contributed by atoms with E-state index in [0.29, 0.717) is 28.5 Å². The number of carbonyl (C=O) groups excluding carboxylic acids is 1. The molecular formula is C20H18ClN3O3. The number of hydrogen-bond acceptors (Lipinski definition) is 5. The molecule has 1 heterocycles. The van der Waals surface area contributed by atoms with Crippen LogP contribution in [-0.2, 0) is 6.54 Å². The fraction of sp³-hybridized carbons (Fsp3) is 0.100. The van der Waals surface area contributed by atoms with E-state index >= 15 is 0 Å². The van der Waals surface area contributed by atoms with Gasteiger partial charge in [-0.3, -0.25) is 9.78 Å². The van der Waals surface area contributed by atoms with Crippen molar-refractivity contribution >= 4 is 28.9 Å².